The summed E-state index contributed by atoms with van der Waals surface area (Å²) in [5, 5.41) is 6.19. The zero-order chi connectivity index (χ0) is 14.8. The first-order valence-electron chi connectivity index (χ1n) is 6.15. The molecule has 102 valence electrons. The molecule has 6 heteroatoms. The number of nitrogens with one attached hydrogen (secondary N) is 1. The average molecular weight is 280 g/mol. The fraction of sp³-hybridized carbons (Fsp3) is 0. The van der Waals surface area contributed by atoms with Crippen molar-refractivity contribution in [1.82, 2.24) is 0 Å². The lowest BCUT2D eigenvalue weighted by Gasteiger charge is -2.00. The summed E-state index contributed by atoms with van der Waals surface area (Å²) in [6.45, 7) is 0. The van der Waals surface area contributed by atoms with E-state index in [9.17, 15) is 9.18 Å². The number of hydrogen-bond donors (Lipinski definition) is 1. The number of azide groups is 1. The van der Waals surface area contributed by atoms with Gasteiger partial charge in [-0.15, -0.1) is 0 Å². The highest BCUT2D eigenvalue weighted by atomic mass is 19.1. The van der Waals surface area contributed by atoms with Crippen LogP contribution < -0.4 is 5.32 Å². The van der Waals surface area contributed by atoms with Gasteiger partial charge < -0.3 is 5.32 Å². The van der Waals surface area contributed by atoms with Crippen LogP contribution in [0.15, 0.2) is 47.6 Å². The molecule has 1 heterocycles. The lowest BCUT2D eigenvalue weighted by molar-refractivity contribution is -0.110. The molecule has 1 aliphatic heterocycles. The van der Waals surface area contributed by atoms with Crippen molar-refractivity contribution in [2.75, 3.05) is 5.32 Å². The van der Waals surface area contributed by atoms with Gasteiger partial charge in [0.1, 0.15) is 5.82 Å². The minimum Gasteiger partial charge on any atom is -0.321 e. The molecule has 1 N–H and O–H groups in total. The van der Waals surface area contributed by atoms with Crippen LogP contribution >= 0.6 is 0 Å². The lowest BCUT2D eigenvalue weighted by Crippen LogP contribution is -2.03. The molecular weight excluding hydrogens is 271 g/mol. The molecule has 5 nitrogen and oxygen atoms in total. The molecule has 0 fully saturated rings. The van der Waals surface area contributed by atoms with Gasteiger partial charge in [-0.05, 0) is 41.4 Å². The molecule has 0 aliphatic carbocycles. The van der Waals surface area contributed by atoms with Crippen LogP contribution in [0.5, 0.6) is 0 Å². The first-order valence-corrected chi connectivity index (χ1v) is 6.15. The Labute approximate surface area is 119 Å². The summed E-state index contributed by atoms with van der Waals surface area (Å²) in [5.41, 5.74) is 11.1. The molecule has 0 bridgehead atoms. The zero-order valence-corrected chi connectivity index (χ0v) is 10.7. The fourth-order valence-electron chi connectivity index (χ4n) is 2.20. The van der Waals surface area contributed by atoms with Gasteiger partial charge in [0.05, 0.1) is 0 Å². The zero-order valence-electron chi connectivity index (χ0n) is 10.7. The number of nitrogens with zero attached hydrogens (tertiary/aromatic N) is 3. The van der Waals surface area contributed by atoms with Crippen molar-refractivity contribution in [2.45, 2.75) is 0 Å². The van der Waals surface area contributed by atoms with E-state index in [1.165, 1.54) is 18.2 Å². The molecule has 21 heavy (non-hydrogen) atoms. The van der Waals surface area contributed by atoms with Crippen LogP contribution in [-0.4, -0.2) is 5.91 Å². The summed E-state index contributed by atoms with van der Waals surface area (Å²) < 4.78 is 13.3. The lowest BCUT2D eigenvalue weighted by atomic mass is 10.0. The fourth-order valence-corrected chi connectivity index (χ4v) is 2.20. The molecule has 0 unspecified atom stereocenters. The second-order valence-electron chi connectivity index (χ2n) is 4.49. The van der Waals surface area contributed by atoms with Gasteiger partial charge in [-0.1, -0.05) is 23.3 Å². The van der Waals surface area contributed by atoms with Gasteiger partial charge in [-0.3, -0.25) is 4.79 Å². The van der Waals surface area contributed by atoms with E-state index >= 15 is 0 Å². The summed E-state index contributed by atoms with van der Waals surface area (Å²) in [4.78, 5) is 14.7. The van der Waals surface area contributed by atoms with Crippen molar-refractivity contribution in [3.05, 3.63) is 69.9 Å². The second kappa shape index (κ2) is 5.11. The number of carbonyl (C=O) groups is 1. The number of halogens is 1. The predicted molar refractivity (Wildman–Crippen MR) is 78.1 cm³/mol. The van der Waals surface area contributed by atoms with Crippen LogP contribution in [0.25, 0.3) is 22.1 Å². The Bertz CT molecular complexity index is 822. The maximum Gasteiger partial charge on any atom is 0.256 e. The van der Waals surface area contributed by atoms with Crippen molar-refractivity contribution in [3.8, 4) is 0 Å². The maximum atomic E-state index is 13.3. The number of benzene rings is 2. The van der Waals surface area contributed by atoms with Crippen molar-refractivity contribution in [2.24, 2.45) is 5.11 Å². The Kier molecular flexibility index (Phi) is 3.14. The third-order valence-corrected chi connectivity index (χ3v) is 3.11. The van der Waals surface area contributed by atoms with Crippen LogP contribution in [0, 0.1) is 5.82 Å². The number of amides is 1. The minimum absolute atomic E-state index is 0.287. The monoisotopic (exact) mass is 280 g/mol. The van der Waals surface area contributed by atoms with Crippen LogP contribution in [-0.2, 0) is 4.79 Å². The van der Waals surface area contributed by atoms with Gasteiger partial charge in [0.15, 0.2) is 0 Å². The first-order chi connectivity index (χ1) is 10.2. The average Bonchev–Trinajstić information content (AvgIpc) is 2.76. The van der Waals surface area contributed by atoms with E-state index in [1.54, 1.807) is 30.3 Å². The van der Waals surface area contributed by atoms with Gasteiger partial charge in [-0.25, -0.2) is 4.39 Å². The Hall–Kier alpha value is -3.11. The van der Waals surface area contributed by atoms with E-state index in [1.807, 2.05) is 0 Å². The van der Waals surface area contributed by atoms with E-state index < -0.39 is 5.82 Å². The largest absolute Gasteiger partial charge is 0.321 e. The van der Waals surface area contributed by atoms with Crippen LogP contribution in [0.1, 0.15) is 11.1 Å². The minimum atomic E-state index is -0.404. The van der Waals surface area contributed by atoms with Crippen LogP contribution in [0.3, 0.4) is 0 Å². The second-order valence-corrected chi connectivity index (χ2v) is 4.49. The van der Waals surface area contributed by atoms with E-state index in [2.05, 4.69) is 15.3 Å². The summed E-state index contributed by atoms with van der Waals surface area (Å²) in [6, 6.07) is 10.9. The highest BCUT2D eigenvalue weighted by Crippen LogP contribution is 2.33. The molecule has 2 aromatic rings. The Morgan fingerprint density at radius 1 is 1.24 bits per heavy atom. The summed E-state index contributed by atoms with van der Waals surface area (Å²) in [6.07, 6.45) is 1.64. The van der Waals surface area contributed by atoms with E-state index in [0.717, 1.165) is 0 Å². The van der Waals surface area contributed by atoms with E-state index in [-0.39, 0.29) is 5.91 Å². The molecular formula is C15H9FN4O. The van der Waals surface area contributed by atoms with Gasteiger partial charge in [-0.2, -0.15) is 0 Å². The normalized spacial score (nSPS) is 14.5. The number of carbonyl (C=O) groups excluding carboxylic acids is 1. The Balaban J connectivity index is 2.08. The third-order valence-electron chi connectivity index (χ3n) is 3.11. The Morgan fingerprint density at radius 2 is 2.10 bits per heavy atom. The highest BCUT2D eigenvalue weighted by Gasteiger charge is 2.24. The van der Waals surface area contributed by atoms with E-state index in [4.69, 9.17) is 5.53 Å². The molecule has 1 aliphatic rings. The molecule has 0 saturated heterocycles. The summed E-state index contributed by atoms with van der Waals surface area (Å²) in [7, 11) is 0. The summed E-state index contributed by atoms with van der Waals surface area (Å²) >= 11 is 0. The molecule has 0 spiro atoms. The van der Waals surface area contributed by atoms with Gasteiger partial charge in [0, 0.05) is 27.4 Å². The number of anilines is 1. The SMILES string of the molecule is [N-]=[N+]=Nc1cccc(C=C2C(=O)Nc3ccc(F)cc32)c1. The topological polar surface area (TPSA) is 77.9 Å². The van der Waals surface area contributed by atoms with Gasteiger partial charge in [0.25, 0.3) is 5.91 Å². The molecule has 0 saturated carbocycles. The first kappa shape index (κ1) is 12.9. The molecule has 3 rings (SSSR count). The highest BCUT2D eigenvalue weighted by molar-refractivity contribution is 6.34. The number of rotatable bonds is 2. The van der Waals surface area contributed by atoms with Gasteiger partial charge in [0.2, 0.25) is 0 Å². The number of fused-ring (bicyclic) bond motifs is 1. The van der Waals surface area contributed by atoms with Crippen LogP contribution in [0.2, 0.25) is 0 Å². The third kappa shape index (κ3) is 2.48. The molecule has 0 atom stereocenters. The Morgan fingerprint density at radius 3 is 2.90 bits per heavy atom. The smallest absolute Gasteiger partial charge is 0.256 e. The maximum absolute atomic E-state index is 13.3. The van der Waals surface area contributed by atoms with E-state index in [0.29, 0.717) is 28.1 Å². The quantitative estimate of drug-likeness (QED) is 0.379. The van der Waals surface area contributed by atoms with Crippen molar-refractivity contribution >= 4 is 28.9 Å². The number of hydrogen-bond acceptors (Lipinski definition) is 2. The predicted octanol–water partition coefficient (Wildman–Crippen LogP) is 4.26. The standard InChI is InChI=1S/C15H9FN4O/c16-10-4-5-14-12(8-10)13(15(21)18-14)7-9-2-1-3-11(6-9)19-20-17/h1-8H,(H,18,21). The van der Waals surface area contributed by atoms with Crippen LogP contribution in [0.4, 0.5) is 15.8 Å². The molecule has 1 amide bonds. The van der Waals surface area contributed by atoms with Crippen molar-refractivity contribution < 1.29 is 9.18 Å². The van der Waals surface area contributed by atoms with Crippen molar-refractivity contribution in [1.29, 1.82) is 0 Å². The molecule has 2 aromatic carbocycles. The van der Waals surface area contributed by atoms with Gasteiger partial charge >= 0.3 is 0 Å². The molecule has 0 radical (unpaired) electrons. The molecule has 0 aromatic heterocycles. The summed E-state index contributed by atoms with van der Waals surface area (Å²) in [5.74, 6) is -0.691. The van der Waals surface area contributed by atoms with Crippen molar-refractivity contribution in [3.63, 3.8) is 0 Å².